The van der Waals surface area contributed by atoms with Crippen molar-refractivity contribution in [3.63, 3.8) is 0 Å². The molecule has 3 aromatic heterocycles. The van der Waals surface area contributed by atoms with Crippen molar-refractivity contribution in [3.8, 4) is 0 Å². The van der Waals surface area contributed by atoms with Crippen molar-refractivity contribution >= 4 is 50.4 Å². The quantitative estimate of drug-likeness (QED) is 0.397. The van der Waals surface area contributed by atoms with E-state index in [0.717, 1.165) is 5.56 Å². The largest absolute Gasteiger partial charge is 0.296 e. The number of thioether (sulfide) groups is 1. The van der Waals surface area contributed by atoms with Gasteiger partial charge in [-0.3, -0.25) is 19.3 Å². The van der Waals surface area contributed by atoms with Crippen molar-refractivity contribution in [3.05, 3.63) is 69.1 Å². The molecule has 27 heavy (non-hydrogen) atoms. The molecule has 1 amide bonds. The Morgan fingerprint density at radius 3 is 3.04 bits per heavy atom. The van der Waals surface area contributed by atoms with Crippen LogP contribution in [0.15, 0.2) is 51.0 Å². The summed E-state index contributed by atoms with van der Waals surface area (Å²) in [5.74, 6) is 0.286. The molecule has 3 heterocycles. The van der Waals surface area contributed by atoms with Crippen LogP contribution in [0.5, 0.6) is 0 Å². The third-order valence-electron chi connectivity index (χ3n) is 3.61. The van der Waals surface area contributed by atoms with Crippen LogP contribution in [0.4, 0.5) is 5.13 Å². The van der Waals surface area contributed by atoms with Crippen molar-refractivity contribution in [2.24, 2.45) is 0 Å². The Labute approximate surface area is 166 Å². The van der Waals surface area contributed by atoms with Gasteiger partial charge in [0.2, 0.25) is 5.13 Å². The van der Waals surface area contributed by atoms with E-state index in [1.54, 1.807) is 12.3 Å². The number of benzene rings is 1. The van der Waals surface area contributed by atoms with Crippen LogP contribution in [0.1, 0.15) is 21.6 Å². The van der Waals surface area contributed by atoms with Gasteiger partial charge in [0.05, 0.1) is 5.69 Å². The zero-order valence-electron chi connectivity index (χ0n) is 14.1. The summed E-state index contributed by atoms with van der Waals surface area (Å²) in [5, 5.41) is 13.1. The number of nitrogens with zero attached hydrogens (tertiary/aromatic N) is 4. The summed E-state index contributed by atoms with van der Waals surface area (Å²) in [6.45, 7) is 1.93. The van der Waals surface area contributed by atoms with E-state index in [0.29, 0.717) is 31.4 Å². The number of carbonyl (C=O) groups excluding carboxylic acids is 1. The van der Waals surface area contributed by atoms with E-state index in [1.165, 1.54) is 44.9 Å². The van der Waals surface area contributed by atoms with Gasteiger partial charge in [0.25, 0.3) is 11.5 Å². The Morgan fingerprint density at radius 1 is 1.30 bits per heavy atom. The number of rotatable bonds is 5. The number of thiazole rings is 1. The van der Waals surface area contributed by atoms with E-state index in [-0.39, 0.29) is 11.5 Å². The van der Waals surface area contributed by atoms with Crippen LogP contribution >= 0.6 is 34.4 Å². The second-order valence-corrected chi connectivity index (χ2v) is 8.70. The van der Waals surface area contributed by atoms with Crippen LogP contribution in [-0.2, 0) is 5.75 Å². The molecule has 0 aliphatic carbocycles. The Balaban J connectivity index is 1.41. The van der Waals surface area contributed by atoms with E-state index in [9.17, 15) is 9.59 Å². The SMILES string of the molecule is Cc1cccc(C(=O)Nc2nnc(SCc3cc(=O)n4ccsc4n3)s2)c1. The number of hydrogen-bond donors (Lipinski definition) is 1. The molecule has 10 heteroatoms. The lowest BCUT2D eigenvalue weighted by Gasteiger charge is -2.01. The summed E-state index contributed by atoms with van der Waals surface area (Å²) >= 11 is 4.13. The first-order chi connectivity index (χ1) is 13.1. The molecule has 7 nitrogen and oxygen atoms in total. The molecule has 1 aromatic carbocycles. The molecule has 0 saturated carbocycles. The van der Waals surface area contributed by atoms with Gasteiger partial charge < -0.3 is 0 Å². The van der Waals surface area contributed by atoms with Gasteiger partial charge >= 0.3 is 0 Å². The summed E-state index contributed by atoms with van der Waals surface area (Å²) in [7, 11) is 0. The number of aromatic nitrogens is 4. The number of hydrogen-bond acceptors (Lipinski definition) is 8. The number of amides is 1. The molecule has 0 saturated heterocycles. The number of aryl methyl sites for hydroxylation is 1. The minimum absolute atomic E-state index is 0.0970. The van der Waals surface area contributed by atoms with E-state index >= 15 is 0 Å². The van der Waals surface area contributed by atoms with Crippen LogP contribution < -0.4 is 10.9 Å². The maximum atomic E-state index is 12.3. The smallest absolute Gasteiger partial charge is 0.258 e. The average molecular weight is 416 g/mol. The van der Waals surface area contributed by atoms with Gasteiger partial charge in [-0.2, -0.15) is 0 Å². The molecule has 0 aliphatic heterocycles. The van der Waals surface area contributed by atoms with Crippen LogP contribution in [0, 0.1) is 6.92 Å². The lowest BCUT2D eigenvalue weighted by atomic mass is 10.1. The fourth-order valence-electron chi connectivity index (χ4n) is 2.37. The minimum Gasteiger partial charge on any atom is -0.296 e. The van der Waals surface area contributed by atoms with Crippen molar-refractivity contribution in [2.45, 2.75) is 17.0 Å². The third-order valence-corrected chi connectivity index (χ3v) is 6.37. The average Bonchev–Trinajstić information content (AvgIpc) is 3.29. The molecule has 4 aromatic rings. The zero-order valence-corrected chi connectivity index (χ0v) is 16.5. The van der Waals surface area contributed by atoms with Gasteiger partial charge in [-0.25, -0.2) is 4.98 Å². The van der Waals surface area contributed by atoms with Crippen LogP contribution in [0.25, 0.3) is 4.96 Å². The predicted octanol–water partition coefficient (Wildman–Crippen LogP) is 3.46. The second-order valence-electron chi connectivity index (χ2n) is 5.63. The van der Waals surface area contributed by atoms with Gasteiger partial charge in [-0.15, -0.1) is 21.5 Å². The van der Waals surface area contributed by atoms with Crippen LogP contribution in [-0.4, -0.2) is 25.5 Å². The van der Waals surface area contributed by atoms with Crippen molar-refractivity contribution < 1.29 is 4.79 Å². The maximum Gasteiger partial charge on any atom is 0.258 e. The van der Waals surface area contributed by atoms with Gasteiger partial charge in [-0.05, 0) is 19.1 Å². The molecule has 0 unspecified atom stereocenters. The number of anilines is 1. The standard InChI is InChI=1S/C17H13N5O2S3/c1-10-3-2-4-11(7-10)14(24)19-15-20-21-17(27-15)26-9-12-8-13(23)22-5-6-25-16(22)18-12/h2-8H,9H2,1H3,(H,19,20,24). The Kier molecular flexibility index (Phi) is 5.01. The second kappa shape index (κ2) is 7.59. The summed E-state index contributed by atoms with van der Waals surface area (Å²) < 4.78 is 2.21. The molecule has 0 atom stereocenters. The van der Waals surface area contributed by atoms with Gasteiger partial charge in [-0.1, -0.05) is 40.8 Å². The molecule has 4 rings (SSSR count). The fraction of sp³-hybridized carbons (Fsp3) is 0.118. The van der Waals surface area contributed by atoms with Crippen LogP contribution in [0.3, 0.4) is 0 Å². The topological polar surface area (TPSA) is 89.2 Å². The predicted molar refractivity (Wildman–Crippen MR) is 108 cm³/mol. The number of nitrogens with one attached hydrogen (secondary N) is 1. The van der Waals surface area contributed by atoms with E-state index in [1.807, 2.05) is 30.5 Å². The molecule has 0 aliphatic rings. The summed E-state index contributed by atoms with van der Waals surface area (Å²) in [5.41, 5.74) is 2.18. The summed E-state index contributed by atoms with van der Waals surface area (Å²) in [6, 6.07) is 8.87. The van der Waals surface area contributed by atoms with Crippen molar-refractivity contribution in [1.29, 1.82) is 0 Å². The molecule has 0 radical (unpaired) electrons. The fourth-order valence-corrected chi connectivity index (χ4v) is 4.75. The molecule has 1 N–H and O–H groups in total. The van der Waals surface area contributed by atoms with Crippen molar-refractivity contribution in [1.82, 2.24) is 19.6 Å². The highest BCUT2D eigenvalue weighted by atomic mass is 32.2. The molecular weight excluding hydrogens is 402 g/mol. The molecule has 0 spiro atoms. The summed E-state index contributed by atoms with van der Waals surface area (Å²) in [4.78, 5) is 29.4. The van der Waals surface area contributed by atoms with Crippen LogP contribution in [0.2, 0.25) is 0 Å². The minimum atomic E-state index is -0.218. The highest BCUT2D eigenvalue weighted by molar-refractivity contribution is 8.00. The lowest BCUT2D eigenvalue weighted by molar-refractivity contribution is 0.102. The molecule has 0 bridgehead atoms. The normalized spacial score (nSPS) is 11.0. The Morgan fingerprint density at radius 2 is 2.19 bits per heavy atom. The highest BCUT2D eigenvalue weighted by Gasteiger charge is 2.11. The first-order valence-corrected chi connectivity index (χ1v) is 10.6. The number of carbonyl (C=O) groups is 1. The summed E-state index contributed by atoms with van der Waals surface area (Å²) in [6.07, 6.45) is 1.71. The Bertz CT molecular complexity index is 1180. The maximum absolute atomic E-state index is 12.3. The molecule has 0 fully saturated rings. The van der Waals surface area contributed by atoms with Gasteiger partial charge in [0.1, 0.15) is 0 Å². The lowest BCUT2D eigenvalue weighted by Crippen LogP contribution is -2.12. The Hall–Kier alpha value is -2.56. The molecule has 136 valence electrons. The third kappa shape index (κ3) is 4.07. The highest BCUT2D eigenvalue weighted by Crippen LogP contribution is 2.28. The van der Waals surface area contributed by atoms with E-state index < -0.39 is 0 Å². The molecular formula is C17H13N5O2S3. The van der Waals surface area contributed by atoms with Crippen molar-refractivity contribution in [2.75, 3.05) is 5.32 Å². The van der Waals surface area contributed by atoms with E-state index in [2.05, 4.69) is 20.5 Å². The zero-order chi connectivity index (χ0) is 18.8. The first kappa shape index (κ1) is 17.8. The van der Waals surface area contributed by atoms with E-state index in [4.69, 9.17) is 0 Å². The number of fused-ring (bicyclic) bond motifs is 1. The first-order valence-electron chi connectivity index (χ1n) is 7.88. The monoisotopic (exact) mass is 415 g/mol. The van der Waals surface area contributed by atoms with Gasteiger partial charge in [0.15, 0.2) is 9.30 Å². The van der Waals surface area contributed by atoms with Gasteiger partial charge in [0, 0.05) is 29.0 Å².